The number of carboxylic acid groups (broad SMARTS) is 1. The highest BCUT2D eigenvalue weighted by Crippen LogP contribution is 2.31. The molecular weight excluding hydrogens is 294 g/mol. The SMILES string of the molecule is CN(CC1(O)CCCC1)S(=O)(=O)c1ccc(C(=O)O)cc1. The maximum absolute atomic E-state index is 12.4. The van der Waals surface area contributed by atoms with Crippen LogP contribution in [0.5, 0.6) is 0 Å². The fourth-order valence-corrected chi connectivity index (χ4v) is 3.89. The molecule has 6 nitrogen and oxygen atoms in total. The maximum atomic E-state index is 12.4. The number of carbonyl (C=O) groups is 1. The van der Waals surface area contributed by atoms with Gasteiger partial charge in [-0.05, 0) is 37.1 Å². The average Bonchev–Trinajstić information content (AvgIpc) is 2.85. The van der Waals surface area contributed by atoms with Crippen LogP contribution in [0, 0.1) is 0 Å². The zero-order valence-electron chi connectivity index (χ0n) is 11.8. The van der Waals surface area contributed by atoms with E-state index in [2.05, 4.69) is 0 Å². The van der Waals surface area contributed by atoms with E-state index in [4.69, 9.17) is 5.11 Å². The standard InChI is InChI=1S/C14H19NO5S/c1-15(10-14(18)8-2-3-9-14)21(19,20)12-6-4-11(5-7-12)13(16)17/h4-7,18H,2-3,8-10H2,1H3,(H,16,17). The predicted octanol–water partition coefficient (Wildman–Crippen LogP) is 1.31. The Morgan fingerprint density at radius 2 is 1.76 bits per heavy atom. The van der Waals surface area contributed by atoms with E-state index in [0.29, 0.717) is 12.8 Å². The number of hydrogen-bond acceptors (Lipinski definition) is 4. The van der Waals surface area contributed by atoms with Crippen LogP contribution in [-0.4, -0.2) is 48.1 Å². The Balaban J connectivity index is 2.18. The van der Waals surface area contributed by atoms with Gasteiger partial charge in [0, 0.05) is 13.6 Å². The van der Waals surface area contributed by atoms with Crippen LogP contribution in [0.3, 0.4) is 0 Å². The van der Waals surface area contributed by atoms with Crippen LogP contribution in [0.25, 0.3) is 0 Å². The number of sulfonamides is 1. The Kier molecular flexibility index (Phi) is 4.36. The highest BCUT2D eigenvalue weighted by molar-refractivity contribution is 7.89. The molecule has 0 aromatic heterocycles. The molecule has 1 aliphatic carbocycles. The molecule has 0 spiro atoms. The molecule has 116 valence electrons. The average molecular weight is 313 g/mol. The van der Waals surface area contributed by atoms with Crippen molar-refractivity contribution in [2.24, 2.45) is 0 Å². The number of aliphatic hydroxyl groups is 1. The van der Waals surface area contributed by atoms with Gasteiger partial charge in [-0.3, -0.25) is 0 Å². The topological polar surface area (TPSA) is 94.9 Å². The van der Waals surface area contributed by atoms with Gasteiger partial charge in [0.15, 0.2) is 0 Å². The third-order valence-electron chi connectivity index (χ3n) is 3.86. The second kappa shape index (κ2) is 5.75. The molecule has 21 heavy (non-hydrogen) atoms. The summed E-state index contributed by atoms with van der Waals surface area (Å²) in [5.74, 6) is -1.10. The summed E-state index contributed by atoms with van der Waals surface area (Å²) in [6.45, 7) is 0.0516. The Hall–Kier alpha value is -1.44. The second-order valence-electron chi connectivity index (χ2n) is 5.52. The van der Waals surface area contributed by atoms with Gasteiger partial charge in [-0.1, -0.05) is 12.8 Å². The summed E-state index contributed by atoms with van der Waals surface area (Å²) in [7, 11) is -2.30. The second-order valence-corrected chi connectivity index (χ2v) is 7.57. The molecule has 0 saturated heterocycles. The summed E-state index contributed by atoms with van der Waals surface area (Å²) < 4.78 is 26.0. The zero-order chi connectivity index (χ0) is 15.7. The zero-order valence-corrected chi connectivity index (χ0v) is 12.6. The van der Waals surface area contributed by atoms with Crippen molar-refractivity contribution < 1.29 is 23.4 Å². The summed E-state index contributed by atoms with van der Waals surface area (Å²) in [5, 5.41) is 19.1. The van der Waals surface area contributed by atoms with Gasteiger partial charge in [-0.25, -0.2) is 13.2 Å². The summed E-state index contributed by atoms with van der Waals surface area (Å²) in [4.78, 5) is 10.8. The van der Waals surface area contributed by atoms with Crippen molar-refractivity contribution in [1.82, 2.24) is 4.31 Å². The lowest BCUT2D eigenvalue weighted by Crippen LogP contribution is -2.41. The lowest BCUT2D eigenvalue weighted by molar-refractivity contribution is 0.0333. The van der Waals surface area contributed by atoms with Crippen molar-refractivity contribution in [2.45, 2.75) is 36.2 Å². The first-order valence-electron chi connectivity index (χ1n) is 6.77. The molecule has 1 saturated carbocycles. The predicted molar refractivity (Wildman–Crippen MR) is 76.6 cm³/mol. The number of nitrogens with zero attached hydrogens (tertiary/aromatic N) is 1. The number of benzene rings is 1. The molecule has 0 unspecified atom stereocenters. The first kappa shape index (κ1) is 15.9. The van der Waals surface area contributed by atoms with Crippen molar-refractivity contribution in [2.75, 3.05) is 13.6 Å². The van der Waals surface area contributed by atoms with Crippen molar-refractivity contribution in [3.05, 3.63) is 29.8 Å². The van der Waals surface area contributed by atoms with Crippen LogP contribution >= 0.6 is 0 Å². The summed E-state index contributed by atoms with van der Waals surface area (Å²) in [5.41, 5.74) is -0.922. The molecule has 7 heteroatoms. The maximum Gasteiger partial charge on any atom is 0.335 e. The van der Waals surface area contributed by atoms with Crippen molar-refractivity contribution >= 4 is 16.0 Å². The van der Waals surface area contributed by atoms with E-state index in [9.17, 15) is 18.3 Å². The monoisotopic (exact) mass is 313 g/mol. The van der Waals surface area contributed by atoms with E-state index in [1.54, 1.807) is 0 Å². The van der Waals surface area contributed by atoms with Gasteiger partial charge >= 0.3 is 5.97 Å². The highest BCUT2D eigenvalue weighted by atomic mass is 32.2. The Bertz CT molecular complexity index is 617. The van der Waals surface area contributed by atoms with Crippen LogP contribution in [0.2, 0.25) is 0 Å². The molecule has 2 N–H and O–H groups in total. The Morgan fingerprint density at radius 3 is 2.24 bits per heavy atom. The molecule has 1 fully saturated rings. The quantitative estimate of drug-likeness (QED) is 0.854. The first-order chi connectivity index (χ1) is 9.74. The van der Waals surface area contributed by atoms with E-state index in [1.807, 2.05) is 0 Å². The minimum Gasteiger partial charge on any atom is -0.478 e. The van der Waals surface area contributed by atoms with E-state index in [1.165, 1.54) is 31.3 Å². The smallest absolute Gasteiger partial charge is 0.335 e. The first-order valence-corrected chi connectivity index (χ1v) is 8.21. The van der Waals surface area contributed by atoms with Gasteiger partial charge in [0.2, 0.25) is 10.0 Å². The fraction of sp³-hybridized carbons (Fsp3) is 0.500. The van der Waals surface area contributed by atoms with E-state index in [0.717, 1.165) is 17.1 Å². The minimum atomic E-state index is -3.73. The van der Waals surface area contributed by atoms with Crippen LogP contribution in [0.1, 0.15) is 36.0 Å². The Labute approximate surface area is 124 Å². The lowest BCUT2D eigenvalue weighted by Gasteiger charge is -2.28. The molecule has 0 atom stereocenters. The molecule has 1 aliphatic rings. The third kappa shape index (κ3) is 3.42. The molecule has 0 bridgehead atoms. The van der Waals surface area contributed by atoms with Crippen LogP contribution in [0.4, 0.5) is 0 Å². The fourth-order valence-electron chi connectivity index (χ4n) is 2.64. The van der Waals surface area contributed by atoms with E-state index >= 15 is 0 Å². The molecule has 2 rings (SSSR count). The molecule has 0 aliphatic heterocycles. The normalized spacial score (nSPS) is 18.0. The van der Waals surface area contributed by atoms with Gasteiger partial charge in [0.25, 0.3) is 0 Å². The van der Waals surface area contributed by atoms with Gasteiger partial charge in [0.05, 0.1) is 16.1 Å². The molecule has 0 amide bonds. The summed E-state index contributed by atoms with van der Waals surface area (Å²) >= 11 is 0. The summed E-state index contributed by atoms with van der Waals surface area (Å²) in [6.07, 6.45) is 3.00. The largest absolute Gasteiger partial charge is 0.478 e. The molecule has 0 radical (unpaired) electrons. The van der Waals surface area contributed by atoms with Gasteiger partial charge in [-0.2, -0.15) is 4.31 Å². The number of hydrogen-bond donors (Lipinski definition) is 2. The van der Waals surface area contributed by atoms with Gasteiger partial charge in [0.1, 0.15) is 0 Å². The molecule has 1 aromatic carbocycles. The van der Waals surface area contributed by atoms with Crippen molar-refractivity contribution in [3.63, 3.8) is 0 Å². The number of likely N-dealkylation sites (N-methyl/N-ethyl adjacent to an activating group) is 1. The number of carboxylic acids is 1. The van der Waals surface area contributed by atoms with Crippen LogP contribution < -0.4 is 0 Å². The number of rotatable bonds is 5. The Morgan fingerprint density at radius 1 is 1.24 bits per heavy atom. The summed E-state index contributed by atoms with van der Waals surface area (Å²) in [6, 6.07) is 5.06. The van der Waals surface area contributed by atoms with E-state index < -0.39 is 21.6 Å². The van der Waals surface area contributed by atoms with Crippen molar-refractivity contribution in [1.29, 1.82) is 0 Å². The van der Waals surface area contributed by atoms with Gasteiger partial charge < -0.3 is 10.2 Å². The minimum absolute atomic E-state index is 0.0246. The van der Waals surface area contributed by atoms with E-state index in [-0.39, 0.29) is 17.0 Å². The highest BCUT2D eigenvalue weighted by Gasteiger charge is 2.35. The van der Waals surface area contributed by atoms with Crippen molar-refractivity contribution in [3.8, 4) is 0 Å². The number of aromatic carboxylic acids is 1. The molecule has 1 aromatic rings. The molecule has 0 heterocycles. The third-order valence-corrected chi connectivity index (χ3v) is 5.68. The molecular formula is C14H19NO5S. The lowest BCUT2D eigenvalue weighted by atomic mass is 10.0. The van der Waals surface area contributed by atoms with Crippen LogP contribution in [-0.2, 0) is 10.0 Å². The van der Waals surface area contributed by atoms with Gasteiger partial charge in [-0.15, -0.1) is 0 Å². The van der Waals surface area contributed by atoms with Crippen LogP contribution in [0.15, 0.2) is 29.2 Å².